The largest absolute Gasteiger partial charge is 0.262 e. The molecule has 0 aliphatic heterocycles. The van der Waals surface area contributed by atoms with Crippen molar-refractivity contribution in [2.45, 2.75) is 42.1 Å². The Bertz CT molecular complexity index is 527. The van der Waals surface area contributed by atoms with Gasteiger partial charge in [0.2, 0.25) is 0 Å². The maximum atomic E-state index is 11.9. The zero-order valence-corrected chi connectivity index (χ0v) is 12.9. The van der Waals surface area contributed by atoms with Crippen LogP contribution in [0.4, 0.5) is 0 Å². The Balaban J connectivity index is 6.22. The summed E-state index contributed by atoms with van der Waals surface area (Å²) in [5.41, 5.74) is 0. The van der Waals surface area contributed by atoms with Crippen molar-refractivity contribution >= 4 is 29.5 Å². The van der Waals surface area contributed by atoms with Crippen molar-refractivity contribution in [2.75, 3.05) is 6.26 Å². The van der Waals surface area contributed by atoms with Crippen LogP contribution in [0.2, 0.25) is 0 Å². The van der Waals surface area contributed by atoms with Crippen LogP contribution < -0.4 is 0 Å². The summed E-state index contributed by atoms with van der Waals surface area (Å²) in [7, 11) is -12.8. The second kappa shape index (κ2) is 4.85. The molecule has 0 atom stereocenters. The summed E-state index contributed by atoms with van der Waals surface area (Å²) >= 11 is 0. The molecule has 9 heteroatoms. The van der Waals surface area contributed by atoms with E-state index in [-0.39, 0.29) is 0 Å². The first-order chi connectivity index (χ1) is 7.25. The van der Waals surface area contributed by atoms with E-state index in [1.807, 2.05) is 0 Å². The minimum absolute atomic E-state index is 0.623. The van der Waals surface area contributed by atoms with Crippen LogP contribution in [0.1, 0.15) is 27.7 Å². The maximum absolute atomic E-state index is 11.9. The number of hydrogen-bond acceptors (Lipinski definition) is 6. The van der Waals surface area contributed by atoms with E-state index in [0.717, 1.165) is 0 Å². The molecule has 0 bridgehead atoms. The van der Waals surface area contributed by atoms with Gasteiger partial charge in [0.1, 0.15) is 0 Å². The molecule has 0 aromatic carbocycles. The first-order valence-electron chi connectivity index (χ1n) is 4.90. The Hall–Kier alpha value is -0.150. The third-order valence-electron chi connectivity index (χ3n) is 2.20. The quantitative estimate of drug-likeness (QED) is 0.706. The van der Waals surface area contributed by atoms with Crippen LogP contribution in [0.3, 0.4) is 0 Å². The minimum Gasteiger partial charge on any atom is -0.227 e. The highest BCUT2D eigenvalue weighted by atomic mass is 32.3. The second-order valence-corrected chi connectivity index (χ2v) is 12.6. The molecule has 0 N–H and O–H groups in total. The Morgan fingerprint density at radius 1 is 0.647 bits per heavy atom. The summed E-state index contributed by atoms with van der Waals surface area (Å²) in [6.07, 6.45) is 0.623. The molecule has 0 spiro atoms. The Labute approximate surface area is 103 Å². The van der Waals surface area contributed by atoms with E-state index in [2.05, 4.69) is 0 Å². The van der Waals surface area contributed by atoms with Gasteiger partial charge in [-0.15, -0.1) is 0 Å². The maximum Gasteiger partial charge on any atom is 0.262 e. The van der Waals surface area contributed by atoms with Crippen LogP contribution in [0.15, 0.2) is 0 Å². The summed E-state index contributed by atoms with van der Waals surface area (Å²) in [5, 5.41) is -2.15. The highest BCUT2D eigenvalue weighted by Gasteiger charge is 2.48. The van der Waals surface area contributed by atoms with E-state index < -0.39 is 43.9 Å². The highest BCUT2D eigenvalue weighted by molar-refractivity contribution is 8.24. The van der Waals surface area contributed by atoms with Gasteiger partial charge in [-0.05, 0) is 27.7 Å². The standard InChI is InChI=1S/C8H18O6S3/c1-6(2)16(11,12)8(15(5,9)10)17(13,14)7(3)4/h6-8H,1-5H3. The van der Waals surface area contributed by atoms with E-state index in [1.54, 1.807) is 0 Å². The smallest absolute Gasteiger partial charge is 0.227 e. The van der Waals surface area contributed by atoms with Crippen molar-refractivity contribution in [1.82, 2.24) is 0 Å². The molecule has 0 saturated heterocycles. The van der Waals surface area contributed by atoms with Gasteiger partial charge in [-0.3, -0.25) is 0 Å². The van der Waals surface area contributed by atoms with Gasteiger partial charge in [0.05, 0.1) is 10.5 Å². The molecule has 104 valence electrons. The van der Waals surface area contributed by atoms with E-state index in [4.69, 9.17) is 0 Å². The second-order valence-electron chi connectivity index (χ2n) is 4.39. The zero-order valence-electron chi connectivity index (χ0n) is 10.4. The highest BCUT2D eigenvalue weighted by Crippen LogP contribution is 2.23. The van der Waals surface area contributed by atoms with Crippen LogP contribution in [0, 0.1) is 0 Å². The molecular formula is C8H18O6S3. The molecule has 0 aliphatic rings. The van der Waals surface area contributed by atoms with Crippen molar-refractivity contribution in [3.05, 3.63) is 0 Å². The third-order valence-corrected chi connectivity index (χ3v) is 11.9. The molecule has 0 amide bonds. The fourth-order valence-corrected chi connectivity index (χ4v) is 10.1. The first kappa shape index (κ1) is 16.9. The monoisotopic (exact) mass is 306 g/mol. The molecule has 0 saturated carbocycles. The van der Waals surface area contributed by atoms with Gasteiger partial charge >= 0.3 is 0 Å². The molecule has 6 nitrogen and oxygen atoms in total. The van der Waals surface area contributed by atoms with E-state index >= 15 is 0 Å². The van der Waals surface area contributed by atoms with Crippen LogP contribution in [-0.2, 0) is 29.5 Å². The molecule has 0 aromatic heterocycles. The molecule has 0 heterocycles. The fourth-order valence-electron chi connectivity index (χ4n) is 1.12. The molecule has 0 aromatic rings. The lowest BCUT2D eigenvalue weighted by atomic mass is 10.6. The Kier molecular flexibility index (Phi) is 4.81. The summed E-state index contributed by atoms with van der Waals surface area (Å²) < 4.78 is 68.1. The van der Waals surface area contributed by atoms with Crippen molar-refractivity contribution < 1.29 is 25.3 Å². The fraction of sp³-hybridized carbons (Fsp3) is 1.00. The van der Waals surface area contributed by atoms with E-state index in [1.165, 1.54) is 27.7 Å². The van der Waals surface area contributed by atoms with E-state index in [0.29, 0.717) is 6.26 Å². The number of sulfone groups is 3. The Morgan fingerprint density at radius 3 is 1.00 bits per heavy atom. The number of rotatable bonds is 5. The van der Waals surface area contributed by atoms with Gasteiger partial charge in [0, 0.05) is 6.26 Å². The van der Waals surface area contributed by atoms with Gasteiger partial charge < -0.3 is 0 Å². The minimum atomic E-state index is -4.28. The topological polar surface area (TPSA) is 102 Å². The molecular weight excluding hydrogens is 288 g/mol. The molecule has 0 aliphatic carbocycles. The molecule has 0 fully saturated rings. The van der Waals surface area contributed by atoms with Crippen molar-refractivity contribution in [2.24, 2.45) is 0 Å². The van der Waals surface area contributed by atoms with Gasteiger partial charge in [0.15, 0.2) is 29.5 Å². The first-order valence-corrected chi connectivity index (χ1v) is 10.1. The van der Waals surface area contributed by atoms with Crippen LogP contribution in [-0.4, -0.2) is 45.9 Å². The van der Waals surface area contributed by atoms with E-state index in [9.17, 15) is 25.3 Å². The molecule has 17 heavy (non-hydrogen) atoms. The lowest BCUT2D eigenvalue weighted by molar-refractivity contribution is 0.567. The lowest BCUT2D eigenvalue weighted by Crippen LogP contribution is -2.44. The summed E-state index contributed by atoms with van der Waals surface area (Å²) in [4.78, 5) is 0. The SMILES string of the molecule is CC(C)S(=O)(=O)C(S(C)(=O)=O)S(=O)(=O)C(C)C. The van der Waals surface area contributed by atoms with Gasteiger partial charge in [-0.1, -0.05) is 0 Å². The molecule has 0 unspecified atom stereocenters. The average Bonchev–Trinajstić information content (AvgIpc) is 1.98. The van der Waals surface area contributed by atoms with Crippen LogP contribution in [0.5, 0.6) is 0 Å². The average molecular weight is 306 g/mol. The van der Waals surface area contributed by atoms with Crippen molar-refractivity contribution in [1.29, 1.82) is 0 Å². The van der Waals surface area contributed by atoms with Gasteiger partial charge in [0.25, 0.3) is 3.91 Å². The lowest BCUT2D eigenvalue weighted by Gasteiger charge is -2.20. The number of hydrogen-bond donors (Lipinski definition) is 0. The zero-order chi connectivity index (χ0) is 14.2. The molecule has 0 radical (unpaired) electrons. The summed E-state index contributed by atoms with van der Waals surface area (Å²) in [5.74, 6) is 0. The summed E-state index contributed by atoms with van der Waals surface area (Å²) in [6, 6.07) is 0. The van der Waals surface area contributed by atoms with Crippen molar-refractivity contribution in [3.8, 4) is 0 Å². The van der Waals surface area contributed by atoms with Gasteiger partial charge in [-0.2, -0.15) is 0 Å². The Morgan fingerprint density at radius 2 is 0.882 bits per heavy atom. The van der Waals surface area contributed by atoms with Gasteiger partial charge in [-0.25, -0.2) is 25.3 Å². The predicted octanol–water partition coefficient (Wildman–Crippen LogP) is -0.0390. The summed E-state index contributed by atoms with van der Waals surface area (Å²) in [6.45, 7) is 5.01. The molecule has 0 rings (SSSR count). The van der Waals surface area contributed by atoms with Crippen LogP contribution >= 0.6 is 0 Å². The normalized spacial score (nSPS) is 14.8. The predicted molar refractivity (Wildman–Crippen MR) is 66.7 cm³/mol. The third kappa shape index (κ3) is 3.41. The van der Waals surface area contributed by atoms with Crippen LogP contribution in [0.25, 0.3) is 0 Å². The van der Waals surface area contributed by atoms with Crippen molar-refractivity contribution in [3.63, 3.8) is 0 Å².